The summed E-state index contributed by atoms with van der Waals surface area (Å²) < 4.78 is 0. The molecule has 2 nitrogen and oxygen atoms in total. The first kappa shape index (κ1) is 17.2. The van der Waals surface area contributed by atoms with Crippen molar-refractivity contribution >= 4 is 0 Å². The van der Waals surface area contributed by atoms with Crippen molar-refractivity contribution in [3.8, 4) is 0 Å². The maximum absolute atomic E-state index is 11.5. The van der Waals surface area contributed by atoms with Crippen LogP contribution in [0.25, 0.3) is 0 Å². The third kappa shape index (κ3) is 3.13. The van der Waals surface area contributed by atoms with Crippen LogP contribution in [-0.2, 0) is 0 Å². The van der Waals surface area contributed by atoms with Gasteiger partial charge in [0.1, 0.15) is 12.1 Å². The second-order valence-corrected chi connectivity index (χ2v) is 7.44. The summed E-state index contributed by atoms with van der Waals surface area (Å²) in [6.07, 6.45) is 2.72. The van der Waals surface area contributed by atoms with Crippen LogP contribution in [0.5, 0.6) is 0 Å². The Kier molecular flexibility index (Phi) is 5.07. The number of benzene rings is 2. The van der Waals surface area contributed by atoms with Gasteiger partial charge in [0, 0.05) is 23.5 Å². The predicted octanol–water partition coefficient (Wildman–Crippen LogP) is 3.55. The second-order valence-electron chi connectivity index (χ2n) is 7.44. The van der Waals surface area contributed by atoms with E-state index in [9.17, 15) is 5.11 Å². The van der Waals surface area contributed by atoms with E-state index in [1.807, 2.05) is 0 Å². The highest BCUT2D eigenvalue weighted by Gasteiger charge is 2.51. The van der Waals surface area contributed by atoms with Gasteiger partial charge >= 0.3 is 0 Å². The first-order valence-corrected chi connectivity index (χ1v) is 9.22. The molecule has 1 aliphatic heterocycles. The van der Waals surface area contributed by atoms with Gasteiger partial charge in [0.25, 0.3) is 0 Å². The molecule has 1 heterocycles. The number of hydrogen-bond acceptors (Lipinski definition) is 1. The third-order valence-electron chi connectivity index (χ3n) is 5.99. The lowest BCUT2D eigenvalue weighted by Gasteiger charge is -2.49. The molecule has 2 heteroatoms. The minimum atomic E-state index is -0.602. The molecule has 1 unspecified atom stereocenters. The average molecular weight is 324 g/mol. The summed E-state index contributed by atoms with van der Waals surface area (Å²) in [7, 11) is 2.29. The summed E-state index contributed by atoms with van der Waals surface area (Å²) >= 11 is 0. The molecule has 1 saturated heterocycles. The molecule has 128 valence electrons. The molecule has 0 aliphatic carbocycles. The quantitative estimate of drug-likeness (QED) is 0.883. The summed E-state index contributed by atoms with van der Waals surface area (Å²) in [5.74, 6) is 0.236. The van der Waals surface area contributed by atoms with Crippen molar-refractivity contribution < 1.29 is 10.0 Å². The van der Waals surface area contributed by atoms with Gasteiger partial charge in [0.05, 0.1) is 12.6 Å². The molecular formula is C22H30NO+. The smallest absolute Gasteiger partial charge is 0.119 e. The van der Waals surface area contributed by atoms with Crippen LogP contribution in [0.15, 0.2) is 60.7 Å². The van der Waals surface area contributed by atoms with E-state index in [1.54, 1.807) is 0 Å². The zero-order chi connectivity index (χ0) is 17.2. The lowest BCUT2D eigenvalue weighted by molar-refractivity contribution is -0.957. The van der Waals surface area contributed by atoms with Crippen LogP contribution < -0.4 is 4.90 Å². The minimum absolute atomic E-state index is 0.236. The number of likely N-dealkylation sites (tertiary alicyclic amines) is 1. The third-order valence-corrected chi connectivity index (χ3v) is 5.99. The molecule has 2 aromatic carbocycles. The molecule has 0 saturated carbocycles. The summed E-state index contributed by atoms with van der Waals surface area (Å²) in [6, 6.07) is 22.0. The van der Waals surface area contributed by atoms with Crippen molar-refractivity contribution in [2.45, 2.75) is 50.8 Å². The number of piperidine rings is 1. The van der Waals surface area contributed by atoms with E-state index in [-0.39, 0.29) is 5.92 Å². The van der Waals surface area contributed by atoms with Gasteiger partial charge in [-0.1, -0.05) is 80.9 Å². The molecule has 24 heavy (non-hydrogen) atoms. The highest BCUT2D eigenvalue weighted by atomic mass is 16.3. The molecule has 3 rings (SSSR count). The Bertz CT molecular complexity index is 642. The number of aliphatic hydroxyl groups is 1. The fourth-order valence-electron chi connectivity index (χ4n) is 4.66. The van der Waals surface area contributed by atoms with Crippen LogP contribution in [0.3, 0.4) is 0 Å². The topological polar surface area (TPSA) is 24.7 Å². The molecule has 1 aliphatic rings. The lowest BCUT2D eigenvalue weighted by atomic mass is 9.69. The zero-order valence-corrected chi connectivity index (χ0v) is 15.1. The SMILES string of the molecule is CCC[C@@]1(O)C[C@@H](c2ccccc2)[NH+](C)[C@H](c2ccccc2)[C@@H]1C. The fraction of sp³-hybridized carbons (Fsp3) is 0.455. The molecule has 2 N–H and O–H groups in total. The molecule has 0 radical (unpaired) electrons. The largest absolute Gasteiger partial charge is 0.389 e. The summed E-state index contributed by atoms with van der Waals surface area (Å²) in [5.41, 5.74) is 2.06. The Labute approximate surface area is 146 Å². The number of rotatable bonds is 4. The van der Waals surface area contributed by atoms with Gasteiger partial charge in [-0.3, -0.25) is 0 Å². The van der Waals surface area contributed by atoms with Crippen molar-refractivity contribution in [3.05, 3.63) is 71.8 Å². The van der Waals surface area contributed by atoms with Gasteiger partial charge in [-0.15, -0.1) is 0 Å². The van der Waals surface area contributed by atoms with E-state index in [4.69, 9.17) is 0 Å². The molecule has 2 aromatic rings. The van der Waals surface area contributed by atoms with Crippen molar-refractivity contribution in [1.82, 2.24) is 0 Å². The summed E-state index contributed by atoms with van der Waals surface area (Å²) in [5, 5.41) is 11.5. The molecular weight excluding hydrogens is 294 g/mol. The summed E-state index contributed by atoms with van der Waals surface area (Å²) in [6.45, 7) is 4.41. The number of hydrogen-bond donors (Lipinski definition) is 2. The Morgan fingerprint density at radius 2 is 1.54 bits per heavy atom. The van der Waals surface area contributed by atoms with Crippen molar-refractivity contribution in [3.63, 3.8) is 0 Å². The molecule has 0 amide bonds. The van der Waals surface area contributed by atoms with Gasteiger partial charge in [0.15, 0.2) is 0 Å². The average Bonchev–Trinajstić information content (AvgIpc) is 2.61. The first-order valence-electron chi connectivity index (χ1n) is 9.22. The first-order chi connectivity index (χ1) is 11.6. The van der Waals surface area contributed by atoms with Crippen LogP contribution in [0.1, 0.15) is 56.3 Å². The van der Waals surface area contributed by atoms with Gasteiger partial charge in [-0.25, -0.2) is 0 Å². The van der Waals surface area contributed by atoms with E-state index < -0.39 is 5.60 Å². The molecule has 0 bridgehead atoms. The maximum atomic E-state index is 11.5. The minimum Gasteiger partial charge on any atom is -0.389 e. The Morgan fingerprint density at radius 1 is 1.00 bits per heavy atom. The predicted molar refractivity (Wildman–Crippen MR) is 98.9 cm³/mol. The van der Waals surface area contributed by atoms with E-state index in [2.05, 4.69) is 81.6 Å². The van der Waals surface area contributed by atoms with E-state index in [1.165, 1.54) is 16.0 Å². The Hall–Kier alpha value is -1.64. The van der Waals surface area contributed by atoms with Crippen molar-refractivity contribution in [1.29, 1.82) is 0 Å². The summed E-state index contributed by atoms with van der Waals surface area (Å²) in [4.78, 5) is 1.49. The molecule has 0 spiro atoms. The van der Waals surface area contributed by atoms with Crippen LogP contribution in [0, 0.1) is 5.92 Å². The Morgan fingerprint density at radius 3 is 2.08 bits per heavy atom. The molecule has 0 aromatic heterocycles. The highest BCUT2D eigenvalue weighted by molar-refractivity contribution is 5.23. The van der Waals surface area contributed by atoms with Crippen LogP contribution in [-0.4, -0.2) is 17.8 Å². The van der Waals surface area contributed by atoms with E-state index >= 15 is 0 Å². The van der Waals surface area contributed by atoms with Gasteiger partial charge in [-0.05, 0) is 6.42 Å². The van der Waals surface area contributed by atoms with E-state index in [0.717, 1.165) is 19.3 Å². The van der Waals surface area contributed by atoms with Gasteiger partial charge < -0.3 is 10.0 Å². The molecule has 1 fully saturated rings. The number of nitrogens with one attached hydrogen (secondary N) is 1. The van der Waals surface area contributed by atoms with Gasteiger partial charge in [0.2, 0.25) is 0 Å². The van der Waals surface area contributed by atoms with Crippen molar-refractivity contribution in [2.24, 2.45) is 5.92 Å². The normalized spacial score (nSPS) is 33.3. The molecule has 5 atom stereocenters. The van der Waals surface area contributed by atoms with Crippen LogP contribution >= 0.6 is 0 Å². The lowest BCUT2D eigenvalue weighted by Crippen LogP contribution is -3.12. The van der Waals surface area contributed by atoms with Crippen LogP contribution in [0.4, 0.5) is 0 Å². The zero-order valence-electron chi connectivity index (χ0n) is 15.1. The van der Waals surface area contributed by atoms with Gasteiger partial charge in [-0.2, -0.15) is 0 Å². The Balaban J connectivity index is 2.03. The monoisotopic (exact) mass is 324 g/mol. The van der Waals surface area contributed by atoms with Crippen LogP contribution in [0.2, 0.25) is 0 Å². The van der Waals surface area contributed by atoms with Crippen molar-refractivity contribution in [2.75, 3.05) is 7.05 Å². The number of quaternary nitrogens is 1. The van der Waals surface area contributed by atoms with E-state index in [0.29, 0.717) is 12.1 Å². The highest BCUT2D eigenvalue weighted by Crippen LogP contribution is 2.42. The second kappa shape index (κ2) is 7.08. The standard InChI is InChI=1S/C22H29NO/c1-4-15-22(24)16-20(18-11-7-5-8-12-18)23(3)21(17(22)2)19-13-9-6-10-14-19/h5-14,17,20-21,24H,4,15-16H2,1-3H3/p+1/t17-,20-,21-,22+/m0/s1. The fourth-order valence-corrected chi connectivity index (χ4v) is 4.66. The maximum Gasteiger partial charge on any atom is 0.119 e.